The van der Waals surface area contributed by atoms with Crippen LogP contribution in [0.15, 0.2) is 59.5 Å². The first-order chi connectivity index (χ1) is 11.6. The summed E-state index contributed by atoms with van der Waals surface area (Å²) in [7, 11) is 0. The molecule has 0 aromatic heterocycles. The lowest BCUT2D eigenvalue weighted by molar-refractivity contribution is -0.120. The fraction of sp³-hybridized carbons (Fsp3) is 0.316. The molecular formula is C19H20FNO2S. The number of benzene rings is 2. The maximum absolute atomic E-state index is 12.9. The number of carbonyl (C=O) groups is 1. The molecule has 3 nitrogen and oxygen atoms in total. The molecule has 0 bridgehead atoms. The van der Waals surface area contributed by atoms with Gasteiger partial charge in [-0.2, -0.15) is 0 Å². The van der Waals surface area contributed by atoms with E-state index in [1.807, 2.05) is 30.3 Å². The summed E-state index contributed by atoms with van der Waals surface area (Å²) < 4.78 is 12.9. The van der Waals surface area contributed by atoms with E-state index in [9.17, 15) is 14.3 Å². The molecule has 0 heterocycles. The minimum absolute atomic E-state index is 0.140. The van der Waals surface area contributed by atoms with Crippen LogP contribution in [-0.2, 0) is 10.4 Å². The largest absolute Gasteiger partial charge is 0.383 e. The highest BCUT2D eigenvalue weighted by Gasteiger charge is 2.45. The molecule has 0 radical (unpaired) electrons. The van der Waals surface area contributed by atoms with Gasteiger partial charge < -0.3 is 10.4 Å². The van der Waals surface area contributed by atoms with Gasteiger partial charge in [-0.3, -0.25) is 4.79 Å². The Morgan fingerprint density at radius 3 is 2.46 bits per heavy atom. The van der Waals surface area contributed by atoms with Crippen molar-refractivity contribution in [1.82, 2.24) is 5.32 Å². The minimum Gasteiger partial charge on any atom is -0.383 e. The van der Waals surface area contributed by atoms with Gasteiger partial charge in [0.15, 0.2) is 0 Å². The van der Waals surface area contributed by atoms with Crippen LogP contribution in [0.2, 0.25) is 0 Å². The Morgan fingerprint density at radius 1 is 1.17 bits per heavy atom. The fourth-order valence-corrected chi connectivity index (χ4v) is 3.46. The van der Waals surface area contributed by atoms with Gasteiger partial charge in [0, 0.05) is 4.90 Å². The Kier molecular flexibility index (Phi) is 5.21. The van der Waals surface area contributed by atoms with Gasteiger partial charge in [-0.1, -0.05) is 30.3 Å². The number of amides is 1. The molecule has 24 heavy (non-hydrogen) atoms. The third-order valence-corrected chi connectivity index (χ3v) is 5.28. The quantitative estimate of drug-likeness (QED) is 0.757. The zero-order valence-corrected chi connectivity index (χ0v) is 14.1. The number of carbonyl (C=O) groups excluding carboxylic acids is 1. The molecular weight excluding hydrogens is 325 g/mol. The third-order valence-electron chi connectivity index (χ3n) is 4.27. The standard InChI is InChI=1S/C19H20FNO2S/c20-16-8-10-17(11-9-16)24-12-18(22)21-13-19(23,15-6-7-15)14-4-2-1-3-5-14/h1-5,8-11,15,23H,6-7,12-13H2,(H,21,22). The Hall–Kier alpha value is -1.85. The number of nitrogens with one attached hydrogen (secondary N) is 1. The van der Waals surface area contributed by atoms with Gasteiger partial charge in [0.1, 0.15) is 11.4 Å². The van der Waals surface area contributed by atoms with E-state index in [2.05, 4.69) is 5.32 Å². The van der Waals surface area contributed by atoms with Crippen LogP contribution in [0.5, 0.6) is 0 Å². The molecule has 1 aliphatic rings. The van der Waals surface area contributed by atoms with E-state index < -0.39 is 5.60 Å². The van der Waals surface area contributed by atoms with E-state index in [4.69, 9.17) is 0 Å². The van der Waals surface area contributed by atoms with E-state index >= 15 is 0 Å². The van der Waals surface area contributed by atoms with Crippen molar-refractivity contribution in [2.75, 3.05) is 12.3 Å². The van der Waals surface area contributed by atoms with Crippen LogP contribution in [0.3, 0.4) is 0 Å². The highest BCUT2D eigenvalue weighted by Crippen LogP contribution is 2.45. The van der Waals surface area contributed by atoms with Crippen LogP contribution < -0.4 is 5.32 Å². The topological polar surface area (TPSA) is 49.3 Å². The molecule has 1 saturated carbocycles. The molecule has 2 aromatic carbocycles. The van der Waals surface area contributed by atoms with Crippen molar-refractivity contribution >= 4 is 17.7 Å². The van der Waals surface area contributed by atoms with Gasteiger partial charge in [0.2, 0.25) is 5.91 Å². The molecule has 2 aromatic rings. The van der Waals surface area contributed by atoms with Crippen molar-refractivity contribution in [2.24, 2.45) is 5.92 Å². The van der Waals surface area contributed by atoms with E-state index in [1.54, 1.807) is 12.1 Å². The van der Waals surface area contributed by atoms with Crippen LogP contribution >= 0.6 is 11.8 Å². The summed E-state index contributed by atoms with van der Waals surface area (Å²) >= 11 is 1.35. The number of rotatable bonds is 7. The second-order valence-corrected chi connectivity index (χ2v) is 7.13. The first kappa shape index (κ1) is 17.0. The minimum atomic E-state index is -1.00. The van der Waals surface area contributed by atoms with E-state index in [0.717, 1.165) is 23.3 Å². The van der Waals surface area contributed by atoms with Crippen molar-refractivity contribution in [3.63, 3.8) is 0 Å². The predicted molar refractivity (Wildman–Crippen MR) is 93.2 cm³/mol. The van der Waals surface area contributed by atoms with E-state index in [0.29, 0.717) is 0 Å². The van der Waals surface area contributed by atoms with Crippen molar-refractivity contribution in [3.8, 4) is 0 Å². The van der Waals surface area contributed by atoms with Crippen LogP contribution in [0.25, 0.3) is 0 Å². The zero-order valence-electron chi connectivity index (χ0n) is 13.2. The van der Waals surface area contributed by atoms with Gasteiger partial charge >= 0.3 is 0 Å². The maximum Gasteiger partial charge on any atom is 0.230 e. The van der Waals surface area contributed by atoms with Gasteiger partial charge in [0.05, 0.1) is 12.3 Å². The zero-order chi connectivity index (χ0) is 17.0. The molecule has 3 rings (SSSR count). The van der Waals surface area contributed by atoms with Gasteiger partial charge in [-0.25, -0.2) is 4.39 Å². The molecule has 1 unspecified atom stereocenters. The molecule has 2 N–H and O–H groups in total. The van der Waals surface area contributed by atoms with Crippen molar-refractivity contribution < 1.29 is 14.3 Å². The fourth-order valence-electron chi connectivity index (χ4n) is 2.73. The van der Waals surface area contributed by atoms with Gasteiger partial charge in [-0.05, 0) is 48.6 Å². The van der Waals surface area contributed by atoms with E-state index in [1.165, 1.54) is 23.9 Å². The van der Waals surface area contributed by atoms with Crippen LogP contribution in [0.4, 0.5) is 4.39 Å². The summed E-state index contributed by atoms with van der Waals surface area (Å²) in [5.41, 5.74) is -0.156. The maximum atomic E-state index is 12.9. The smallest absolute Gasteiger partial charge is 0.230 e. The Labute approximate surface area is 145 Å². The number of aliphatic hydroxyl groups is 1. The summed E-state index contributed by atoms with van der Waals surface area (Å²) in [5, 5.41) is 13.9. The first-order valence-electron chi connectivity index (χ1n) is 8.01. The predicted octanol–water partition coefficient (Wildman–Crippen LogP) is 3.33. The second-order valence-electron chi connectivity index (χ2n) is 6.08. The van der Waals surface area contributed by atoms with Crippen LogP contribution in [-0.4, -0.2) is 23.3 Å². The van der Waals surface area contributed by atoms with Crippen molar-refractivity contribution in [2.45, 2.75) is 23.3 Å². The number of hydrogen-bond donors (Lipinski definition) is 2. The van der Waals surface area contributed by atoms with Crippen molar-refractivity contribution in [1.29, 1.82) is 0 Å². The summed E-state index contributed by atoms with van der Waals surface area (Å²) in [6, 6.07) is 15.6. The Bertz CT molecular complexity index is 688. The molecule has 1 fully saturated rings. The number of hydrogen-bond acceptors (Lipinski definition) is 3. The number of thioether (sulfide) groups is 1. The molecule has 0 aliphatic heterocycles. The average Bonchev–Trinajstić information content (AvgIpc) is 3.45. The third kappa shape index (κ3) is 4.16. The lowest BCUT2D eigenvalue weighted by Gasteiger charge is -2.29. The normalized spacial score (nSPS) is 16.4. The van der Waals surface area contributed by atoms with Crippen LogP contribution in [0.1, 0.15) is 18.4 Å². The summed E-state index contributed by atoms with van der Waals surface area (Å²) in [6.45, 7) is 0.213. The molecule has 1 aliphatic carbocycles. The number of halogens is 1. The van der Waals surface area contributed by atoms with Gasteiger partial charge in [0.25, 0.3) is 0 Å². The summed E-state index contributed by atoms with van der Waals surface area (Å²) in [6.07, 6.45) is 1.96. The van der Waals surface area contributed by atoms with Gasteiger partial charge in [-0.15, -0.1) is 11.8 Å². The van der Waals surface area contributed by atoms with E-state index in [-0.39, 0.29) is 29.9 Å². The molecule has 126 valence electrons. The Morgan fingerprint density at radius 2 is 1.83 bits per heavy atom. The first-order valence-corrected chi connectivity index (χ1v) is 8.99. The van der Waals surface area contributed by atoms with Crippen molar-refractivity contribution in [3.05, 3.63) is 66.0 Å². The average molecular weight is 345 g/mol. The Balaban J connectivity index is 1.55. The second kappa shape index (κ2) is 7.36. The molecule has 5 heteroatoms. The SMILES string of the molecule is O=C(CSc1ccc(F)cc1)NCC(O)(c1ccccc1)C1CC1. The summed E-state index contributed by atoms with van der Waals surface area (Å²) in [4.78, 5) is 12.9. The highest BCUT2D eigenvalue weighted by atomic mass is 32.2. The lowest BCUT2D eigenvalue weighted by atomic mass is 9.88. The molecule has 0 spiro atoms. The highest BCUT2D eigenvalue weighted by molar-refractivity contribution is 8.00. The monoisotopic (exact) mass is 345 g/mol. The summed E-state index contributed by atoms with van der Waals surface area (Å²) in [5.74, 6) is 0.00620. The lowest BCUT2D eigenvalue weighted by Crippen LogP contribution is -2.43. The molecule has 0 saturated heterocycles. The molecule has 1 amide bonds. The van der Waals surface area contributed by atoms with Crippen LogP contribution in [0, 0.1) is 11.7 Å². The molecule has 1 atom stereocenters.